The van der Waals surface area contributed by atoms with E-state index in [1.54, 1.807) is 19.2 Å². The van der Waals surface area contributed by atoms with Gasteiger partial charge in [-0.3, -0.25) is 10.1 Å². The summed E-state index contributed by atoms with van der Waals surface area (Å²) in [5.74, 6) is 0.0393. The molecule has 43 heavy (non-hydrogen) atoms. The summed E-state index contributed by atoms with van der Waals surface area (Å²) in [5, 5.41) is 20.1. The van der Waals surface area contributed by atoms with Gasteiger partial charge in [0.1, 0.15) is 5.75 Å². The molecule has 0 radical (unpaired) electrons. The second-order valence-corrected chi connectivity index (χ2v) is 10.6. The van der Waals surface area contributed by atoms with E-state index in [9.17, 15) is 19.7 Å². The average Bonchev–Trinajstić information content (AvgIpc) is 2.95. The lowest BCUT2D eigenvalue weighted by molar-refractivity contribution is -0.385. The molecule has 11 nitrogen and oxygen atoms in total. The van der Waals surface area contributed by atoms with E-state index in [4.69, 9.17) is 19.1 Å². The topological polar surface area (TPSA) is 139 Å². The smallest absolute Gasteiger partial charge is 0.331 e. The Balaban J connectivity index is 2.50. The van der Waals surface area contributed by atoms with E-state index < -0.39 is 16.9 Å². The number of aryl methyl sites for hydroxylation is 1. The SMILES string of the molecule is CCC/C(=N\OC(C)=O)c1ccc(Oc2ccc(/C(CCCOC)=N/OC(C)=O)cc2[N+](=O)[O-])c(CCCCC(C)C)c1. The molecule has 0 fully saturated rings. The van der Waals surface area contributed by atoms with Gasteiger partial charge in [0.05, 0.1) is 16.3 Å². The number of benzene rings is 2. The fourth-order valence-electron chi connectivity index (χ4n) is 4.31. The van der Waals surface area contributed by atoms with E-state index in [1.807, 2.05) is 19.1 Å². The molecule has 0 N–H and O–H groups in total. The summed E-state index contributed by atoms with van der Waals surface area (Å²) in [5.41, 5.74) is 2.86. The van der Waals surface area contributed by atoms with Gasteiger partial charge in [0.15, 0.2) is 0 Å². The van der Waals surface area contributed by atoms with Gasteiger partial charge in [0.25, 0.3) is 0 Å². The predicted molar refractivity (Wildman–Crippen MR) is 165 cm³/mol. The van der Waals surface area contributed by atoms with Crippen molar-refractivity contribution in [3.8, 4) is 11.5 Å². The second-order valence-electron chi connectivity index (χ2n) is 10.6. The van der Waals surface area contributed by atoms with Crippen molar-refractivity contribution >= 4 is 29.0 Å². The third-order valence-electron chi connectivity index (χ3n) is 6.40. The number of carbonyl (C=O) groups is 2. The van der Waals surface area contributed by atoms with Gasteiger partial charge in [0, 0.05) is 39.2 Å². The van der Waals surface area contributed by atoms with Crippen molar-refractivity contribution < 1.29 is 33.7 Å². The highest BCUT2D eigenvalue weighted by molar-refractivity contribution is 6.01. The molecule has 0 saturated carbocycles. The van der Waals surface area contributed by atoms with Crippen LogP contribution in [0.4, 0.5) is 5.69 Å². The summed E-state index contributed by atoms with van der Waals surface area (Å²) in [6, 6.07) is 10.1. The molecular weight excluding hydrogens is 554 g/mol. The van der Waals surface area contributed by atoms with Crippen LogP contribution < -0.4 is 4.74 Å². The number of rotatable bonds is 18. The van der Waals surface area contributed by atoms with E-state index in [2.05, 4.69) is 24.2 Å². The van der Waals surface area contributed by atoms with Crippen molar-refractivity contribution in [2.75, 3.05) is 13.7 Å². The first-order chi connectivity index (χ1) is 20.5. The first-order valence-electron chi connectivity index (χ1n) is 14.6. The fraction of sp³-hybridized carbons (Fsp3) is 0.500. The Morgan fingerprint density at radius 3 is 2.05 bits per heavy atom. The summed E-state index contributed by atoms with van der Waals surface area (Å²) < 4.78 is 11.3. The number of hydrogen-bond acceptors (Lipinski definition) is 10. The molecule has 2 aromatic rings. The Kier molecular flexibility index (Phi) is 15.0. The number of nitro benzene ring substituents is 1. The maximum absolute atomic E-state index is 12.1. The third-order valence-corrected chi connectivity index (χ3v) is 6.40. The van der Waals surface area contributed by atoms with Crippen LogP contribution >= 0.6 is 0 Å². The number of carbonyl (C=O) groups excluding carboxylic acids is 2. The summed E-state index contributed by atoms with van der Waals surface area (Å²) in [6.07, 6.45) is 6.07. The number of nitro groups is 1. The molecule has 0 heterocycles. The average molecular weight is 598 g/mol. The van der Waals surface area contributed by atoms with Gasteiger partial charge in [-0.15, -0.1) is 0 Å². The van der Waals surface area contributed by atoms with Gasteiger partial charge in [-0.05, 0) is 79.5 Å². The molecule has 0 aliphatic carbocycles. The molecule has 0 spiro atoms. The summed E-state index contributed by atoms with van der Waals surface area (Å²) >= 11 is 0. The molecule has 0 aliphatic rings. The van der Waals surface area contributed by atoms with Crippen molar-refractivity contribution in [2.45, 2.75) is 86.0 Å². The molecule has 2 rings (SSSR count). The van der Waals surface area contributed by atoms with Crippen molar-refractivity contribution in [2.24, 2.45) is 16.2 Å². The fourth-order valence-corrected chi connectivity index (χ4v) is 4.31. The molecule has 0 atom stereocenters. The molecule has 0 bridgehead atoms. The monoisotopic (exact) mass is 597 g/mol. The Morgan fingerprint density at radius 2 is 1.49 bits per heavy atom. The third kappa shape index (κ3) is 12.3. The van der Waals surface area contributed by atoms with Crippen LogP contribution in [0.1, 0.15) is 96.3 Å². The molecule has 0 aromatic heterocycles. The van der Waals surface area contributed by atoms with Gasteiger partial charge in [-0.25, -0.2) is 9.59 Å². The first kappa shape index (κ1) is 35.1. The van der Waals surface area contributed by atoms with E-state index in [-0.39, 0.29) is 11.4 Å². The minimum absolute atomic E-state index is 0.0658. The number of hydrogen-bond donors (Lipinski definition) is 0. The highest BCUT2D eigenvalue weighted by Crippen LogP contribution is 2.35. The number of nitrogens with zero attached hydrogens (tertiary/aromatic N) is 3. The maximum Gasteiger partial charge on any atom is 0.331 e. The lowest BCUT2D eigenvalue weighted by atomic mass is 9.98. The largest absolute Gasteiger partial charge is 0.450 e. The molecule has 11 heteroatoms. The molecule has 0 unspecified atom stereocenters. The lowest BCUT2D eigenvalue weighted by Gasteiger charge is -2.15. The van der Waals surface area contributed by atoms with Crippen LogP contribution in [0.15, 0.2) is 46.7 Å². The predicted octanol–water partition coefficient (Wildman–Crippen LogP) is 7.52. The van der Waals surface area contributed by atoms with Crippen LogP contribution in [0.3, 0.4) is 0 Å². The number of oxime groups is 2. The zero-order chi connectivity index (χ0) is 31.8. The van der Waals surface area contributed by atoms with Gasteiger partial charge in [-0.1, -0.05) is 50.3 Å². The minimum Gasteiger partial charge on any atom is -0.450 e. The second kappa shape index (κ2) is 18.4. The number of ether oxygens (including phenoxy) is 2. The zero-order valence-corrected chi connectivity index (χ0v) is 26.0. The van der Waals surface area contributed by atoms with E-state index >= 15 is 0 Å². The summed E-state index contributed by atoms with van der Waals surface area (Å²) in [4.78, 5) is 44.1. The molecule has 234 valence electrons. The van der Waals surface area contributed by atoms with Gasteiger partial charge in [0.2, 0.25) is 5.75 Å². The maximum atomic E-state index is 12.1. The Bertz CT molecular complexity index is 1300. The molecule has 2 aromatic carbocycles. The summed E-state index contributed by atoms with van der Waals surface area (Å²) in [7, 11) is 1.57. The van der Waals surface area contributed by atoms with Crippen LogP contribution in [-0.4, -0.2) is 42.0 Å². The quantitative estimate of drug-likeness (QED) is 0.0565. The van der Waals surface area contributed by atoms with Gasteiger partial charge >= 0.3 is 17.6 Å². The molecule has 0 amide bonds. The molecule has 0 saturated heterocycles. The van der Waals surface area contributed by atoms with Crippen LogP contribution in [0.25, 0.3) is 0 Å². The van der Waals surface area contributed by atoms with Crippen LogP contribution in [-0.2, 0) is 30.4 Å². The van der Waals surface area contributed by atoms with Crippen molar-refractivity contribution in [1.82, 2.24) is 0 Å². The summed E-state index contributed by atoms with van der Waals surface area (Å²) in [6.45, 7) is 9.35. The Hall–Kier alpha value is -4.12. The van der Waals surface area contributed by atoms with E-state index in [0.717, 1.165) is 36.8 Å². The normalized spacial score (nSPS) is 11.9. The molecule has 0 aliphatic heterocycles. The van der Waals surface area contributed by atoms with Crippen molar-refractivity contribution in [3.63, 3.8) is 0 Å². The number of unbranched alkanes of at least 4 members (excludes halogenated alkanes) is 1. The van der Waals surface area contributed by atoms with Crippen LogP contribution in [0, 0.1) is 16.0 Å². The molecular formula is C32H43N3O8. The standard InChI is InChI=1S/C32H43N3O8/c1-7-11-28(33-42-23(4)36)25-15-17-31(27(20-25)13-9-8-12-22(2)3)41-32-18-16-26(21-30(32)35(38)39)29(14-10-19-40-6)34-43-24(5)37/h15-18,20-22H,7-14,19H2,1-6H3/b33-28+,34-29+. The Labute approximate surface area is 253 Å². The van der Waals surface area contributed by atoms with Crippen molar-refractivity contribution in [3.05, 3.63) is 63.2 Å². The zero-order valence-electron chi connectivity index (χ0n) is 26.0. The number of methoxy groups -OCH3 is 1. The van der Waals surface area contributed by atoms with Crippen molar-refractivity contribution in [1.29, 1.82) is 0 Å². The Morgan fingerprint density at radius 1 is 0.884 bits per heavy atom. The van der Waals surface area contributed by atoms with Crippen LogP contribution in [0.5, 0.6) is 11.5 Å². The van der Waals surface area contributed by atoms with Crippen LogP contribution in [0.2, 0.25) is 0 Å². The van der Waals surface area contributed by atoms with Gasteiger partial charge in [-0.2, -0.15) is 0 Å². The van der Waals surface area contributed by atoms with Gasteiger partial charge < -0.3 is 19.1 Å². The van der Waals surface area contributed by atoms with E-state index in [1.165, 1.54) is 26.0 Å². The first-order valence-corrected chi connectivity index (χ1v) is 14.6. The highest BCUT2D eigenvalue weighted by Gasteiger charge is 2.21. The van der Waals surface area contributed by atoms with E-state index in [0.29, 0.717) is 60.9 Å². The highest BCUT2D eigenvalue weighted by atomic mass is 16.7. The lowest BCUT2D eigenvalue weighted by Crippen LogP contribution is -2.07. The minimum atomic E-state index is -0.594.